The maximum atomic E-state index is 13.2. The van der Waals surface area contributed by atoms with Gasteiger partial charge in [-0.3, -0.25) is 9.59 Å². The fourth-order valence-corrected chi connectivity index (χ4v) is 3.01. The molecular weight excluding hydrogens is 375 g/mol. The number of carbonyl (C=O) groups is 2. The van der Waals surface area contributed by atoms with E-state index in [1.54, 1.807) is 39.3 Å². The van der Waals surface area contributed by atoms with Gasteiger partial charge in [-0.2, -0.15) is 0 Å². The number of rotatable bonds is 9. The van der Waals surface area contributed by atoms with Gasteiger partial charge >= 0.3 is 0 Å². The molecule has 0 aliphatic carbocycles. The first-order valence-corrected chi connectivity index (χ1v) is 9.36. The fourth-order valence-electron chi connectivity index (χ4n) is 3.01. The zero-order valence-electron chi connectivity index (χ0n) is 17.2. The topological polar surface area (TPSA) is 67.9 Å². The number of nitrogens with zero attached hydrogens (tertiary/aromatic N) is 1. The van der Waals surface area contributed by atoms with Gasteiger partial charge < -0.3 is 19.7 Å². The monoisotopic (exact) mass is 402 g/mol. The fraction of sp³-hybridized carbons (Fsp3) is 0.364. The van der Waals surface area contributed by atoms with Crippen molar-refractivity contribution in [2.75, 3.05) is 21.3 Å². The van der Waals surface area contributed by atoms with Crippen molar-refractivity contribution in [1.29, 1.82) is 0 Å². The zero-order chi connectivity index (χ0) is 21.4. The number of amides is 2. The van der Waals surface area contributed by atoms with Crippen LogP contribution in [0, 0.1) is 5.82 Å². The highest BCUT2D eigenvalue weighted by molar-refractivity contribution is 5.87. The number of carbonyl (C=O) groups excluding carboxylic acids is 2. The van der Waals surface area contributed by atoms with E-state index in [0.717, 1.165) is 11.1 Å². The predicted molar refractivity (Wildman–Crippen MR) is 108 cm³/mol. The standard InChI is InChI=1S/C22H27FN2O4/c1-15(22(27)24-2)25(14-17-5-9-18(23)10-6-17)21(26)12-8-16-7-11-19(28-3)20(13-16)29-4/h5-7,9-11,13,15H,8,12,14H2,1-4H3,(H,24,27). The number of benzene rings is 2. The first-order valence-electron chi connectivity index (χ1n) is 9.36. The van der Waals surface area contributed by atoms with Gasteiger partial charge in [0.25, 0.3) is 0 Å². The van der Waals surface area contributed by atoms with Crippen LogP contribution in [0.4, 0.5) is 4.39 Å². The molecule has 0 bridgehead atoms. The summed E-state index contributed by atoms with van der Waals surface area (Å²) in [6.07, 6.45) is 0.706. The summed E-state index contributed by atoms with van der Waals surface area (Å²) in [5.41, 5.74) is 1.67. The minimum Gasteiger partial charge on any atom is -0.493 e. The Bertz CT molecular complexity index is 839. The molecule has 0 fully saturated rings. The van der Waals surface area contributed by atoms with E-state index in [2.05, 4.69) is 5.32 Å². The predicted octanol–water partition coefficient (Wildman–Crippen LogP) is 2.94. The van der Waals surface area contributed by atoms with Gasteiger partial charge in [-0.15, -0.1) is 0 Å². The number of hydrogen-bond donors (Lipinski definition) is 1. The lowest BCUT2D eigenvalue weighted by Gasteiger charge is -2.28. The number of methoxy groups -OCH3 is 2. The smallest absolute Gasteiger partial charge is 0.242 e. The number of likely N-dealkylation sites (N-methyl/N-ethyl adjacent to an activating group) is 1. The number of ether oxygens (including phenoxy) is 2. The molecular formula is C22H27FN2O4. The van der Waals surface area contributed by atoms with Crippen molar-refractivity contribution in [1.82, 2.24) is 10.2 Å². The van der Waals surface area contributed by atoms with Crippen LogP contribution in [0.25, 0.3) is 0 Å². The molecule has 1 N–H and O–H groups in total. The maximum Gasteiger partial charge on any atom is 0.242 e. The van der Waals surface area contributed by atoms with Crippen molar-refractivity contribution >= 4 is 11.8 Å². The zero-order valence-corrected chi connectivity index (χ0v) is 17.2. The molecule has 7 heteroatoms. The second-order valence-electron chi connectivity index (χ2n) is 6.63. The van der Waals surface area contributed by atoms with Gasteiger partial charge in [-0.25, -0.2) is 4.39 Å². The van der Waals surface area contributed by atoms with Gasteiger partial charge in [-0.05, 0) is 48.7 Å². The van der Waals surface area contributed by atoms with E-state index in [1.165, 1.54) is 24.1 Å². The molecule has 0 saturated carbocycles. The van der Waals surface area contributed by atoms with Crippen LogP contribution in [0.2, 0.25) is 0 Å². The Labute approximate surface area is 170 Å². The van der Waals surface area contributed by atoms with Gasteiger partial charge in [-0.1, -0.05) is 18.2 Å². The van der Waals surface area contributed by atoms with Crippen molar-refractivity contribution in [2.24, 2.45) is 0 Å². The first kappa shape index (κ1) is 22.2. The molecule has 0 radical (unpaired) electrons. The molecule has 2 rings (SSSR count). The summed E-state index contributed by atoms with van der Waals surface area (Å²) < 4.78 is 23.7. The molecule has 1 atom stereocenters. The number of halogens is 1. The van der Waals surface area contributed by atoms with Gasteiger partial charge in [0, 0.05) is 20.0 Å². The van der Waals surface area contributed by atoms with Crippen molar-refractivity contribution in [3.05, 3.63) is 59.4 Å². The van der Waals surface area contributed by atoms with Crippen molar-refractivity contribution in [3.63, 3.8) is 0 Å². The second-order valence-corrected chi connectivity index (χ2v) is 6.63. The van der Waals surface area contributed by atoms with E-state index in [9.17, 15) is 14.0 Å². The second kappa shape index (κ2) is 10.5. The summed E-state index contributed by atoms with van der Waals surface area (Å²) in [7, 11) is 4.65. The molecule has 0 aromatic heterocycles. The van der Waals surface area contributed by atoms with Crippen LogP contribution in [0.1, 0.15) is 24.5 Å². The van der Waals surface area contributed by atoms with E-state index >= 15 is 0 Å². The third-order valence-electron chi connectivity index (χ3n) is 4.76. The lowest BCUT2D eigenvalue weighted by molar-refractivity contribution is -0.140. The van der Waals surface area contributed by atoms with Crippen molar-refractivity contribution in [2.45, 2.75) is 32.4 Å². The van der Waals surface area contributed by atoms with Crippen LogP contribution in [0.15, 0.2) is 42.5 Å². The molecule has 1 unspecified atom stereocenters. The molecule has 0 heterocycles. The van der Waals surface area contributed by atoms with Gasteiger partial charge in [0.15, 0.2) is 11.5 Å². The summed E-state index contributed by atoms with van der Waals surface area (Å²) in [6, 6.07) is 10.8. The van der Waals surface area contributed by atoms with E-state index < -0.39 is 6.04 Å². The Hall–Kier alpha value is -3.09. The molecule has 2 aromatic rings. The average Bonchev–Trinajstić information content (AvgIpc) is 2.75. The SMILES string of the molecule is CNC(=O)C(C)N(Cc1ccc(F)cc1)C(=O)CCc1ccc(OC)c(OC)c1. The van der Waals surface area contributed by atoms with E-state index in [-0.39, 0.29) is 30.6 Å². The normalized spacial score (nSPS) is 11.5. The van der Waals surface area contributed by atoms with Crippen LogP contribution < -0.4 is 14.8 Å². The first-order chi connectivity index (χ1) is 13.9. The van der Waals surface area contributed by atoms with Crippen LogP contribution in [0.5, 0.6) is 11.5 Å². The summed E-state index contributed by atoms with van der Waals surface area (Å²) in [5.74, 6) is 0.444. The van der Waals surface area contributed by atoms with Crippen molar-refractivity contribution in [3.8, 4) is 11.5 Å². The Morgan fingerprint density at radius 2 is 1.66 bits per heavy atom. The van der Waals surface area contributed by atoms with E-state index in [4.69, 9.17) is 9.47 Å². The molecule has 6 nitrogen and oxygen atoms in total. The highest BCUT2D eigenvalue weighted by Gasteiger charge is 2.25. The summed E-state index contributed by atoms with van der Waals surface area (Å²) in [4.78, 5) is 26.6. The lowest BCUT2D eigenvalue weighted by atomic mass is 10.1. The molecule has 2 amide bonds. The maximum absolute atomic E-state index is 13.2. The summed E-state index contributed by atoms with van der Waals surface area (Å²) >= 11 is 0. The molecule has 0 spiro atoms. The number of aryl methyl sites for hydroxylation is 1. The molecule has 0 aliphatic rings. The average molecular weight is 402 g/mol. The summed E-state index contributed by atoms with van der Waals surface area (Å²) in [5, 5.41) is 2.57. The largest absolute Gasteiger partial charge is 0.493 e. The highest BCUT2D eigenvalue weighted by atomic mass is 19.1. The van der Waals surface area contributed by atoms with Crippen LogP contribution >= 0.6 is 0 Å². The third kappa shape index (κ3) is 5.94. The van der Waals surface area contributed by atoms with Crippen molar-refractivity contribution < 1.29 is 23.5 Å². The van der Waals surface area contributed by atoms with Crippen LogP contribution in [-0.4, -0.2) is 44.0 Å². The van der Waals surface area contributed by atoms with Crippen LogP contribution in [-0.2, 0) is 22.6 Å². The van der Waals surface area contributed by atoms with Gasteiger partial charge in [0.05, 0.1) is 14.2 Å². The van der Waals surface area contributed by atoms with Gasteiger partial charge in [0.2, 0.25) is 11.8 Å². The Morgan fingerprint density at radius 3 is 2.24 bits per heavy atom. The number of hydrogen-bond acceptors (Lipinski definition) is 4. The molecule has 156 valence electrons. The molecule has 0 aliphatic heterocycles. The Kier molecular flexibility index (Phi) is 8.00. The van der Waals surface area contributed by atoms with Crippen LogP contribution in [0.3, 0.4) is 0 Å². The Morgan fingerprint density at radius 1 is 1.03 bits per heavy atom. The molecule has 29 heavy (non-hydrogen) atoms. The summed E-state index contributed by atoms with van der Waals surface area (Å²) in [6.45, 7) is 1.90. The number of nitrogens with one attached hydrogen (secondary N) is 1. The van der Waals surface area contributed by atoms with E-state index in [1.807, 2.05) is 12.1 Å². The highest BCUT2D eigenvalue weighted by Crippen LogP contribution is 2.28. The van der Waals surface area contributed by atoms with Gasteiger partial charge in [0.1, 0.15) is 11.9 Å². The van der Waals surface area contributed by atoms with E-state index in [0.29, 0.717) is 17.9 Å². The minimum absolute atomic E-state index is 0.166. The molecule has 0 saturated heterocycles. The third-order valence-corrected chi connectivity index (χ3v) is 4.76. The quantitative estimate of drug-likeness (QED) is 0.700. The Balaban J connectivity index is 2.14. The molecule has 2 aromatic carbocycles. The lowest BCUT2D eigenvalue weighted by Crippen LogP contribution is -2.46. The minimum atomic E-state index is -0.650.